The fourth-order valence-electron chi connectivity index (χ4n) is 1.10. The molecule has 1 rings (SSSR count). The first kappa shape index (κ1) is 15.2. The summed E-state index contributed by atoms with van der Waals surface area (Å²) >= 11 is 7.37. The summed E-state index contributed by atoms with van der Waals surface area (Å²) in [5.41, 5.74) is 4.98. The molecule has 100 valence electrons. The Morgan fingerprint density at radius 2 is 2.06 bits per heavy atom. The number of ether oxygens (including phenoxy) is 1. The van der Waals surface area contributed by atoms with Crippen LogP contribution in [0, 0.1) is 11.7 Å². The van der Waals surface area contributed by atoms with Crippen LogP contribution in [-0.4, -0.2) is 17.8 Å². The average molecular weight is 346 g/mol. The molecular formula is C10H8BrF4NOS. The molecule has 0 radical (unpaired) electrons. The van der Waals surface area contributed by atoms with E-state index >= 15 is 0 Å². The molecule has 0 aliphatic heterocycles. The Morgan fingerprint density at radius 3 is 2.56 bits per heavy atom. The van der Waals surface area contributed by atoms with E-state index in [4.69, 9.17) is 10.5 Å². The molecule has 0 heterocycles. The number of hydrogen-bond donors (Lipinski definition) is 1. The number of hydrogen-bond acceptors (Lipinski definition) is 2. The summed E-state index contributed by atoms with van der Waals surface area (Å²) in [6, 6.07) is 3.70. The molecule has 0 amide bonds. The summed E-state index contributed by atoms with van der Waals surface area (Å²) < 4.78 is 56.0. The Bertz CT molecular complexity index is 452. The molecule has 18 heavy (non-hydrogen) atoms. The molecule has 0 aliphatic rings. The van der Waals surface area contributed by atoms with Gasteiger partial charge in [-0.15, -0.1) is 0 Å². The summed E-state index contributed by atoms with van der Waals surface area (Å²) in [4.78, 5) is -0.738. The number of benzene rings is 1. The zero-order valence-corrected chi connectivity index (χ0v) is 11.2. The number of thiocarbonyl (C=S) groups is 1. The molecule has 1 atom stereocenters. The van der Waals surface area contributed by atoms with Gasteiger partial charge in [-0.2, -0.15) is 13.2 Å². The molecule has 0 aliphatic carbocycles. The van der Waals surface area contributed by atoms with Gasteiger partial charge in [-0.3, -0.25) is 0 Å². The van der Waals surface area contributed by atoms with Gasteiger partial charge in [0.25, 0.3) is 0 Å². The summed E-state index contributed by atoms with van der Waals surface area (Å²) in [5, 5.41) is 0. The lowest BCUT2D eigenvalue weighted by molar-refractivity contribution is -0.161. The molecule has 2 N–H and O–H groups in total. The van der Waals surface area contributed by atoms with Crippen LogP contribution in [0.15, 0.2) is 22.7 Å². The van der Waals surface area contributed by atoms with Gasteiger partial charge in [0, 0.05) is 4.47 Å². The van der Waals surface area contributed by atoms with Crippen LogP contribution in [0.1, 0.15) is 0 Å². The number of alkyl halides is 3. The largest absolute Gasteiger partial charge is 0.489 e. The average Bonchev–Trinajstić information content (AvgIpc) is 2.20. The van der Waals surface area contributed by atoms with Crippen LogP contribution in [-0.2, 0) is 0 Å². The summed E-state index contributed by atoms with van der Waals surface area (Å²) in [6.45, 7) is -0.855. The highest BCUT2D eigenvalue weighted by molar-refractivity contribution is 9.10. The first-order chi connectivity index (χ1) is 8.21. The van der Waals surface area contributed by atoms with E-state index in [2.05, 4.69) is 28.1 Å². The number of nitrogens with two attached hydrogens (primary N) is 1. The van der Waals surface area contributed by atoms with Crippen molar-refractivity contribution in [2.45, 2.75) is 6.18 Å². The quantitative estimate of drug-likeness (QED) is 0.670. The van der Waals surface area contributed by atoms with Crippen molar-refractivity contribution in [3.8, 4) is 5.75 Å². The Hall–Kier alpha value is -0.890. The Morgan fingerprint density at radius 1 is 1.44 bits per heavy atom. The second kappa shape index (κ2) is 5.83. The van der Waals surface area contributed by atoms with E-state index in [0.717, 1.165) is 6.07 Å². The Kier molecular flexibility index (Phi) is 4.92. The predicted octanol–water partition coefficient (Wildman–Crippen LogP) is 3.43. The molecule has 0 aromatic heterocycles. The van der Waals surface area contributed by atoms with Crippen LogP contribution >= 0.6 is 28.1 Å². The third kappa shape index (κ3) is 4.09. The lowest BCUT2D eigenvalue weighted by Gasteiger charge is -2.19. The fourth-order valence-corrected chi connectivity index (χ4v) is 1.64. The maximum atomic E-state index is 13.2. The van der Waals surface area contributed by atoms with Crippen molar-refractivity contribution in [1.29, 1.82) is 0 Å². The van der Waals surface area contributed by atoms with Crippen molar-refractivity contribution < 1.29 is 22.3 Å². The second-order valence-corrected chi connectivity index (χ2v) is 4.77. The molecule has 0 fully saturated rings. The van der Waals surface area contributed by atoms with Crippen molar-refractivity contribution in [1.82, 2.24) is 0 Å². The number of rotatable bonds is 4. The summed E-state index contributed by atoms with van der Waals surface area (Å²) in [5.74, 6) is -3.16. The van der Waals surface area contributed by atoms with Gasteiger partial charge in [0.15, 0.2) is 11.6 Å². The van der Waals surface area contributed by atoms with E-state index in [1.165, 1.54) is 12.1 Å². The van der Waals surface area contributed by atoms with Crippen LogP contribution < -0.4 is 10.5 Å². The first-order valence-electron chi connectivity index (χ1n) is 4.65. The molecule has 8 heteroatoms. The van der Waals surface area contributed by atoms with Crippen LogP contribution in [0.2, 0.25) is 0 Å². The topological polar surface area (TPSA) is 35.2 Å². The van der Waals surface area contributed by atoms with Gasteiger partial charge in [-0.25, -0.2) is 4.39 Å². The van der Waals surface area contributed by atoms with Gasteiger partial charge < -0.3 is 10.5 Å². The molecule has 1 aromatic rings. The van der Waals surface area contributed by atoms with Crippen molar-refractivity contribution in [2.75, 3.05) is 6.61 Å². The molecule has 0 bridgehead atoms. The molecule has 1 aromatic carbocycles. The second-order valence-electron chi connectivity index (χ2n) is 3.38. The van der Waals surface area contributed by atoms with Crippen LogP contribution in [0.25, 0.3) is 0 Å². The van der Waals surface area contributed by atoms with Crippen molar-refractivity contribution in [3.05, 3.63) is 28.5 Å². The van der Waals surface area contributed by atoms with Crippen molar-refractivity contribution >= 4 is 33.1 Å². The molecule has 0 spiro atoms. The highest BCUT2D eigenvalue weighted by Crippen LogP contribution is 2.29. The SMILES string of the molecule is NC(=S)C(COc1cc(Br)ccc1F)C(F)(F)F. The normalized spacial score (nSPS) is 13.2. The van der Waals surface area contributed by atoms with E-state index in [0.29, 0.717) is 4.47 Å². The Labute approximate surface area is 114 Å². The lowest BCUT2D eigenvalue weighted by atomic mass is 10.1. The highest BCUT2D eigenvalue weighted by atomic mass is 79.9. The van der Waals surface area contributed by atoms with Gasteiger partial charge in [0.05, 0.1) is 4.99 Å². The van der Waals surface area contributed by atoms with Crippen molar-refractivity contribution in [3.63, 3.8) is 0 Å². The van der Waals surface area contributed by atoms with E-state index in [9.17, 15) is 17.6 Å². The molecule has 2 nitrogen and oxygen atoms in total. The molecule has 0 saturated heterocycles. The molecular weight excluding hydrogens is 338 g/mol. The van der Waals surface area contributed by atoms with E-state index in [-0.39, 0.29) is 5.75 Å². The smallest absolute Gasteiger partial charge is 0.401 e. The maximum absolute atomic E-state index is 13.2. The third-order valence-corrected chi connectivity index (χ3v) is 2.82. The van der Waals surface area contributed by atoms with Gasteiger partial charge in [0.1, 0.15) is 12.5 Å². The fraction of sp³-hybridized carbons (Fsp3) is 0.300. The van der Waals surface area contributed by atoms with Gasteiger partial charge in [-0.05, 0) is 18.2 Å². The molecule has 0 saturated carbocycles. The van der Waals surface area contributed by atoms with Crippen LogP contribution in [0.4, 0.5) is 17.6 Å². The minimum atomic E-state index is -4.62. The van der Waals surface area contributed by atoms with E-state index in [1.54, 1.807) is 0 Å². The minimum absolute atomic E-state index is 0.296. The van der Waals surface area contributed by atoms with E-state index < -0.39 is 29.5 Å². The van der Waals surface area contributed by atoms with Gasteiger partial charge >= 0.3 is 6.18 Å². The van der Waals surface area contributed by atoms with Gasteiger partial charge in [-0.1, -0.05) is 28.1 Å². The summed E-state index contributed by atoms with van der Waals surface area (Å²) in [7, 11) is 0. The molecule has 1 unspecified atom stereocenters. The zero-order valence-electron chi connectivity index (χ0n) is 8.80. The Balaban J connectivity index is 2.79. The van der Waals surface area contributed by atoms with Crippen LogP contribution in [0.3, 0.4) is 0 Å². The summed E-state index contributed by atoms with van der Waals surface area (Å²) in [6.07, 6.45) is -4.62. The third-order valence-electron chi connectivity index (χ3n) is 2.04. The van der Waals surface area contributed by atoms with Crippen molar-refractivity contribution in [2.24, 2.45) is 11.7 Å². The number of halogens is 5. The predicted molar refractivity (Wildman–Crippen MR) is 65.9 cm³/mol. The lowest BCUT2D eigenvalue weighted by Crippen LogP contribution is -2.38. The minimum Gasteiger partial charge on any atom is -0.489 e. The maximum Gasteiger partial charge on any atom is 0.401 e. The standard InChI is InChI=1S/C10H8BrF4NOS/c11-5-1-2-7(12)8(3-5)17-4-6(9(16)18)10(13,14)15/h1-3,6H,4H2,(H2,16,18). The first-order valence-corrected chi connectivity index (χ1v) is 5.86. The monoisotopic (exact) mass is 345 g/mol. The van der Waals surface area contributed by atoms with Gasteiger partial charge in [0.2, 0.25) is 0 Å². The highest BCUT2D eigenvalue weighted by Gasteiger charge is 2.42. The van der Waals surface area contributed by atoms with Crippen LogP contribution in [0.5, 0.6) is 5.75 Å². The zero-order chi connectivity index (χ0) is 13.9. The van der Waals surface area contributed by atoms with E-state index in [1.807, 2.05) is 0 Å².